The molecule has 0 radical (unpaired) electrons. The van der Waals surface area contributed by atoms with Crippen molar-refractivity contribution in [3.63, 3.8) is 0 Å². The molecule has 0 unspecified atom stereocenters. The number of anilines is 1. The molecule has 1 heterocycles. The molecule has 3 aromatic rings. The third-order valence-corrected chi connectivity index (χ3v) is 5.25. The van der Waals surface area contributed by atoms with Gasteiger partial charge in [0.05, 0.1) is 4.92 Å². The number of rotatable bonds is 6. The monoisotopic (exact) mass is 448 g/mol. The van der Waals surface area contributed by atoms with Gasteiger partial charge >= 0.3 is 11.7 Å². The van der Waals surface area contributed by atoms with E-state index in [-0.39, 0.29) is 5.69 Å². The van der Waals surface area contributed by atoms with Crippen molar-refractivity contribution in [2.45, 2.75) is 5.54 Å². The number of carbonyl (C=O) groups excluding carboxylic acids is 3. The molecule has 1 saturated heterocycles. The summed E-state index contributed by atoms with van der Waals surface area (Å²) >= 11 is 0. The van der Waals surface area contributed by atoms with Gasteiger partial charge in [-0.25, -0.2) is 4.79 Å². The van der Waals surface area contributed by atoms with Crippen LogP contribution in [0.25, 0.3) is 0 Å². The number of benzene rings is 3. The Morgan fingerprint density at radius 1 is 1.00 bits per heavy atom. The van der Waals surface area contributed by atoms with Crippen LogP contribution in [0.3, 0.4) is 0 Å². The third-order valence-electron chi connectivity index (χ3n) is 5.25. The van der Waals surface area contributed by atoms with Gasteiger partial charge in [-0.1, -0.05) is 60.7 Å². The number of nitro benzene ring substituents is 1. The summed E-state index contributed by atoms with van der Waals surface area (Å²) in [4.78, 5) is 49.7. The van der Waals surface area contributed by atoms with Gasteiger partial charge in [-0.3, -0.25) is 24.6 Å². The molecule has 0 bridgehead atoms. The van der Waals surface area contributed by atoms with Crippen molar-refractivity contribution in [2.24, 2.45) is 0 Å². The minimum absolute atomic E-state index is 0.0439. The lowest BCUT2D eigenvalue weighted by Gasteiger charge is -2.28. The lowest BCUT2D eigenvalue weighted by Crippen LogP contribution is -2.45. The number of nitro groups is 1. The van der Waals surface area contributed by atoms with Crippen molar-refractivity contribution in [3.05, 3.63) is 106 Å². The van der Waals surface area contributed by atoms with E-state index in [2.05, 4.69) is 10.6 Å². The molecular weight excluding hydrogens is 431 g/mol. The maximum atomic E-state index is 13.5. The zero-order valence-electron chi connectivity index (χ0n) is 17.0. The highest BCUT2D eigenvalue weighted by atomic mass is 19.1. The molecule has 1 aliphatic rings. The van der Waals surface area contributed by atoms with E-state index < -0.39 is 46.4 Å². The van der Waals surface area contributed by atoms with Crippen molar-refractivity contribution >= 4 is 29.2 Å². The van der Waals surface area contributed by atoms with Gasteiger partial charge in [-0.2, -0.15) is 4.39 Å². The third kappa shape index (κ3) is 3.89. The fourth-order valence-corrected chi connectivity index (χ4v) is 3.73. The molecule has 3 aromatic carbocycles. The Bertz CT molecular complexity index is 1210. The van der Waals surface area contributed by atoms with E-state index in [1.807, 2.05) is 0 Å². The Morgan fingerprint density at radius 3 is 2.12 bits per heavy atom. The summed E-state index contributed by atoms with van der Waals surface area (Å²) in [6.07, 6.45) is 0. The Hall–Kier alpha value is -4.60. The zero-order valence-corrected chi connectivity index (χ0v) is 17.0. The fraction of sp³-hybridized carbons (Fsp3) is 0.0870. The molecule has 10 heteroatoms. The highest BCUT2D eigenvalue weighted by Crippen LogP contribution is 2.36. The number of imide groups is 1. The van der Waals surface area contributed by atoms with Crippen LogP contribution in [-0.2, 0) is 15.1 Å². The number of amides is 4. The van der Waals surface area contributed by atoms with Crippen molar-refractivity contribution in [1.82, 2.24) is 10.2 Å². The number of hydrogen-bond donors (Lipinski definition) is 2. The van der Waals surface area contributed by atoms with Crippen molar-refractivity contribution in [3.8, 4) is 0 Å². The second-order valence-electron chi connectivity index (χ2n) is 7.27. The average Bonchev–Trinajstić information content (AvgIpc) is 3.07. The van der Waals surface area contributed by atoms with Crippen LogP contribution in [0.5, 0.6) is 0 Å². The summed E-state index contributed by atoms with van der Waals surface area (Å²) in [5, 5.41) is 16.0. The first-order valence-electron chi connectivity index (χ1n) is 9.82. The van der Waals surface area contributed by atoms with Gasteiger partial charge in [-0.15, -0.1) is 0 Å². The normalized spacial score (nSPS) is 14.6. The summed E-state index contributed by atoms with van der Waals surface area (Å²) in [7, 11) is 0. The molecule has 0 atom stereocenters. The van der Waals surface area contributed by atoms with Crippen LogP contribution in [-0.4, -0.2) is 34.2 Å². The van der Waals surface area contributed by atoms with Crippen LogP contribution in [0.4, 0.5) is 20.6 Å². The van der Waals surface area contributed by atoms with Crippen molar-refractivity contribution in [2.75, 3.05) is 11.9 Å². The molecule has 2 N–H and O–H groups in total. The predicted octanol–water partition coefficient (Wildman–Crippen LogP) is 3.17. The fourth-order valence-electron chi connectivity index (χ4n) is 3.73. The standard InChI is InChI=1S/C23H17FN4O5/c24-18-12-11-17(13-19(18)28(32)33)25-20(29)14-27-21(30)23(26-22(27)31,15-7-3-1-4-8-15)16-9-5-2-6-10-16/h1-13H,14H2,(H,25,29)(H,26,31). The Labute approximate surface area is 187 Å². The maximum Gasteiger partial charge on any atom is 0.326 e. The summed E-state index contributed by atoms with van der Waals surface area (Å²) in [6, 6.07) is 19.4. The summed E-state index contributed by atoms with van der Waals surface area (Å²) in [5.74, 6) is -2.48. The summed E-state index contributed by atoms with van der Waals surface area (Å²) in [5.41, 5.74) is -1.33. The number of carbonyl (C=O) groups is 3. The average molecular weight is 448 g/mol. The van der Waals surface area contributed by atoms with E-state index in [0.717, 1.165) is 23.1 Å². The quantitative estimate of drug-likeness (QED) is 0.341. The number of nitrogens with one attached hydrogen (secondary N) is 2. The molecule has 0 saturated carbocycles. The van der Waals surface area contributed by atoms with E-state index in [1.54, 1.807) is 60.7 Å². The van der Waals surface area contributed by atoms with Crippen LogP contribution >= 0.6 is 0 Å². The first-order valence-corrected chi connectivity index (χ1v) is 9.82. The van der Waals surface area contributed by atoms with Crippen LogP contribution < -0.4 is 10.6 Å². The van der Waals surface area contributed by atoms with Gasteiger partial charge in [0.25, 0.3) is 5.91 Å². The number of halogens is 1. The highest BCUT2D eigenvalue weighted by molar-refractivity contribution is 6.12. The largest absolute Gasteiger partial charge is 0.326 e. The Kier molecular flexibility index (Phi) is 5.57. The Morgan fingerprint density at radius 2 is 1.58 bits per heavy atom. The highest BCUT2D eigenvalue weighted by Gasteiger charge is 2.54. The number of urea groups is 1. The summed E-state index contributed by atoms with van der Waals surface area (Å²) < 4.78 is 13.5. The first-order chi connectivity index (χ1) is 15.8. The molecule has 0 aromatic heterocycles. The molecule has 1 aliphatic heterocycles. The van der Waals surface area contributed by atoms with E-state index in [9.17, 15) is 28.9 Å². The molecule has 1 fully saturated rings. The van der Waals surface area contributed by atoms with E-state index in [0.29, 0.717) is 11.1 Å². The first kappa shape index (κ1) is 21.6. The van der Waals surface area contributed by atoms with Crippen LogP contribution in [0.15, 0.2) is 78.9 Å². The van der Waals surface area contributed by atoms with Crippen LogP contribution in [0, 0.1) is 15.9 Å². The molecular formula is C23H17FN4O5. The summed E-state index contributed by atoms with van der Waals surface area (Å²) in [6.45, 7) is -0.642. The van der Waals surface area contributed by atoms with E-state index >= 15 is 0 Å². The topological polar surface area (TPSA) is 122 Å². The lowest BCUT2D eigenvalue weighted by molar-refractivity contribution is -0.387. The van der Waals surface area contributed by atoms with Crippen molar-refractivity contribution in [1.29, 1.82) is 0 Å². The molecule has 33 heavy (non-hydrogen) atoms. The van der Waals surface area contributed by atoms with Gasteiger partial charge in [0.1, 0.15) is 6.54 Å². The van der Waals surface area contributed by atoms with Gasteiger partial charge in [-0.05, 0) is 23.3 Å². The van der Waals surface area contributed by atoms with Crippen molar-refractivity contribution < 1.29 is 23.7 Å². The lowest BCUT2D eigenvalue weighted by atomic mass is 9.82. The van der Waals surface area contributed by atoms with Gasteiger partial charge in [0, 0.05) is 11.8 Å². The second-order valence-corrected chi connectivity index (χ2v) is 7.27. The second kappa shape index (κ2) is 8.50. The maximum absolute atomic E-state index is 13.5. The van der Waals surface area contributed by atoms with E-state index in [4.69, 9.17) is 0 Å². The molecule has 4 amide bonds. The number of nitrogens with zero attached hydrogens (tertiary/aromatic N) is 2. The molecule has 9 nitrogen and oxygen atoms in total. The minimum Gasteiger partial charge on any atom is -0.324 e. The molecule has 4 rings (SSSR count). The minimum atomic E-state index is -1.52. The van der Waals surface area contributed by atoms with Crippen LogP contribution in [0.2, 0.25) is 0 Å². The number of hydrogen-bond acceptors (Lipinski definition) is 5. The van der Waals surface area contributed by atoms with Gasteiger partial charge in [0.2, 0.25) is 11.7 Å². The van der Waals surface area contributed by atoms with Crippen LogP contribution in [0.1, 0.15) is 11.1 Å². The van der Waals surface area contributed by atoms with Gasteiger partial charge in [0.15, 0.2) is 5.54 Å². The molecule has 0 aliphatic carbocycles. The Balaban J connectivity index is 1.62. The predicted molar refractivity (Wildman–Crippen MR) is 116 cm³/mol. The SMILES string of the molecule is O=C(CN1C(=O)NC(c2ccccc2)(c2ccccc2)C1=O)Nc1ccc(F)c([N+](=O)[O-])c1. The molecule has 0 spiro atoms. The van der Waals surface area contributed by atoms with Gasteiger partial charge < -0.3 is 10.6 Å². The molecule has 166 valence electrons. The smallest absolute Gasteiger partial charge is 0.324 e. The van der Waals surface area contributed by atoms with E-state index in [1.165, 1.54) is 0 Å². The zero-order chi connectivity index (χ0) is 23.6.